The molecule has 0 spiro atoms. The van der Waals surface area contributed by atoms with Gasteiger partial charge in [-0.2, -0.15) is 4.31 Å². The number of halogens is 1. The number of carbonyl (C=O) groups excluding carboxylic acids is 1. The molecular formula is C23H29FN2O5S. The number of nitrogens with zero attached hydrogens (tertiary/aromatic N) is 2. The van der Waals surface area contributed by atoms with Gasteiger partial charge in [0.05, 0.1) is 13.7 Å². The van der Waals surface area contributed by atoms with Crippen LogP contribution in [0.2, 0.25) is 0 Å². The molecule has 1 amide bonds. The van der Waals surface area contributed by atoms with Crippen LogP contribution < -0.4 is 9.47 Å². The van der Waals surface area contributed by atoms with Crippen molar-refractivity contribution in [3.63, 3.8) is 0 Å². The van der Waals surface area contributed by atoms with Gasteiger partial charge in [-0.1, -0.05) is 18.2 Å². The van der Waals surface area contributed by atoms with Gasteiger partial charge in [0.2, 0.25) is 15.9 Å². The number of methoxy groups -OCH3 is 1. The van der Waals surface area contributed by atoms with Crippen LogP contribution in [0, 0.1) is 11.7 Å². The zero-order valence-electron chi connectivity index (χ0n) is 18.6. The number of hydrogen-bond acceptors (Lipinski definition) is 5. The number of rotatable bonds is 8. The molecule has 0 radical (unpaired) electrons. The fraction of sp³-hybridized carbons (Fsp3) is 0.435. The van der Waals surface area contributed by atoms with Crippen molar-refractivity contribution in [3.8, 4) is 11.5 Å². The highest BCUT2D eigenvalue weighted by atomic mass is 32.2. The minimum Gasteiger partial charge on any atom is -0.493 e. The van der Waals surface area contributed by atoms with Crippen molar-refractivity contribution in [1.82, 2.24) is 9.21 Å². The third kappa shape index (κ3) is 5.21. The van der Waals surface area contributed by atoms with Gasteiger partial charge in [-0.3, -0.25) is 4.79 Å². The van der Waals surface area contributed by atoms with E-state index in [0.29, 0.717) is 37.5 Å². The van der Waals surface area contributed by atoms with E-state index in [-0.39, 0.29) is 29.8 Å². The maximum atomic E-state index is 14.0. The zero-order chi connectivity index (χ0) is 23.3. The predicted molar refractivity (Wildman–Crippen MR) is 119 cm³/mol. The molecule has 1 fully saturated rings. The van der Waals surface area contributed by atoms with E-state index in [2.05, 4.69) is 0 Å². The largest absolute Gasteiger partial charge is 0.493 e. The van der Waals surface area contributed by atoms with Gasteiger partial charge < -0.3 is 14.4 Å². The van der Waals surface area contributed by atoms with Gasteiger partial charge in [0, 0.05) is 32.6 Å². The molecular weight excluding hydrogens is 435 g/mol. The fourth-order valence-electron chi connectivity index (χ4n) is 3.88. The Kier molecular flexibility index (Phi) is 7.73. The van der Waals surface area contributed by atoms with E-state index in [1.807, 2.05) is 25.1 Å². The summed E-state index contributed by atoms with van der Waals surface area (Å²) in [6, 6.07) is 10.9. The Morgan fingerprint density at radius 3 is 2.47 bits per heavy atom. The van der Waals surface area contributed by atoms with Crippen LogP contribution in [-0.2, 0) is 21.4 Å². The molecule has 0 N–H and O–H groups in total. The van der Waals surface area contributed by atoms with Crippen molar-refractivity contribution in [1.29, 1.82) is 0 Å². The van der Waals surface area contributed by atoms with Crippen molar-refractivity contribution >= 4 is 15.9 Å². The lowest BCUT2D eigenvalue weighted by atomic mass is 9.96. The molecule has 3 rings (SSSR count). The monoisotopic (exact) mass is 464 g/mol. The normalized spacial score (nSPS) is 15.4. The summed E-state index contributed by atoms with van der Waals surface area (Å²) in [4.78, 5) is 14.3. The van der Waals surface area contributed by atoms with Crippen LogP contribution in [0.5, 0.6) is 11.5 Å². The molecule has 2 aromatic rings. The second-order valence-electron chi connectivity index (χ2n) is 7.72. The van der Waals surface area contributed by atoms with Gasteiger partial charge >= 0.3 is 0 Å². The minimum atomic E-state index is -3.92. The Morgan fingerprint density at radius 2 is 1.84 bits per heavy atom. The number of ether oxygens (including phenoxy) is 2. The number of sulfonamides is 1. The number of benzene rings is 2. The van der Waals surface area contributed by atoms with Crippen molar-refractivity contribution in [2.75, 3.05) is 33.9 Å². The number of piperidine rings is 1. The van der Waals surface area contributed by atoms with Crippen molar-refractivity contribution in [2.45, 2.75) is 31.2 Å². The first-order valence-electron chi connectivity index (χ1n) is 10.6. The topological polar surface area (TPSA) is 76.2 Å². The molecule has 0 aliphatic carbocycles. The molecule has 7 nitrogen and oxygen atoms in total. The quantitative estimate of drug-likeness (QED) is 0.599. The van der Waals surface area contributed by atoms with Crippen LogP contribution in [0.15, 0.2) is 47.4 Å². The average molecular weight is 465 g/mol. The van der Waals surface area contributed by atoms with Crippen LogP contribution in [-0.4, -0.2) is 57.4 Å². The zero-order valence-corrected chi connectivity index (χ0v) is 19.4. The Hall–Kier alpha value is -2.65. The second-order valence-corrected chi connectivity index (χ2v) is 9.63. The van der Waals surface area contributed by atoms with E-state index in [9.17, 15) is 17.6 Å². The minimum absolute atomic E-state index is 0.0409. The van der Waals surface area contributed by atoms with Crippen LogP contribution >= 0.6 is 0 Å². The molecule has 1 heterocycles. The van der Waals surface area contributed by atoms with Crippen LogP contribution in [0.4, 0.5) is 4.39 Å². The van der Waals surface area contributed by atoms with Crippen LogP contribution in [0.3, 0.4) is 0 Å². The standard InChI is InChI=1S/C23H29FN2O5S/c1-4-31-20-10-9-17(15-21(20)30-3)16-25(2)23(27)18-11-13-26(14-12-18)32(28,29)22-8-6-5-7-19(22)24/h5-10,15,18H,4,11-14,16H2,1-3H3. The fourth-order valence-corrected chi connectivity index (χ4v) is 5.42. The van der Waals surface area contributed by atoms with Gasteiger partial charge in [-0.25, -0.2) is 12.8 Å². The van der Waals surface area contributed by atoms with E-state index in [1.165, 1.54) is 22.5 Å². The molecule has 1 aliphatic heterocycles. The van der Waals surface area contributed by atoms with E-state index >= 15 is 0 Å². The molecule has 1 saturated heterocycles. The highest BCUT2D eigenvalue weighted by Crippen LogP contribution is 2.30. The number of hydrogen-bond donors (Lipinski definition) is 0. The third-order valence-corrected chi connectivity index (χ3v) is 7.51. The summed E-state index contributed by atoms with van der Waals surface area (Å²) in [5, 5.41) is 0. The lowest BCUT2D eigenvalue weighted by Crippen LogP contribution is -2.43. The summed E-state index contributed by atoms with van der Waals surface area (Å²) in [5.74, 6) is 0.168. The molecule has 0 unspecified atom stereocenters. The van der Waals surface area contributed by atoms with Gasteiger partial charge in [0.25, 0.3) is 0 Å². The average Bonchev–Trinajstić information content (AvgIpc) is 2.80. The predicted octanol–water partition coefficient (Wildman–Crippen LogP) is 3.29. The molecule has 1 aliphatic rings. The Labute approximate surface area is 188 Å². The first-order chi connectivity index (χ1) is 15.3. The number of amides is 1. The number of carbonyl (C=O) groups is 1. The van der Waals surface area contributed by atoms with Crippen molar-refractivity contribution < 1.29 is 27.1 Å². The van der Waals surface area contributed by atoms with E-state index < -0.39 is 15.8 Å². The summed E-state index contributed by atoms with van der Waals surface area (Å²) in [6.45, 7) is 3.18. The first-order valence-corrected chi connectivity index (χ1v) is 12.0. The first kappa shape index (κ1) is 24.0. The summed E-state index contributed by atoms with van der Waals surface area (Å²) < 4.78 is 51.7. The summed E-state index contributed by atoms with van der Waals surface area (Å²) in [7, 11) is -0.621. The van der Waals surface area contributed by atoms with Gasteiger partial charge in [-0.05, 0) is 49.6 Å². The maximum Gasteiger partial charge on any atom is 0.245 e. The lowest BCUT2D eigenvalue weighted by molar-refractivity contribution is -0.135. The third-order valence-electron chi connectivity index (χ3n) is 5.58. The molecule has 0 aromatic heterocycles. The van der Waals surface area contributed by atoms with E-state index in [4.69, 9.17) is 9.47 Å². The van der Waals surface area contributed by atoms with E-state index in [0.717, 1.165) is 11.6 Å². The highest BCUT2D eigenvalue weighted by molar-refractivity contribution is 7.89. The second kappa shape index (κ2) is 10.3. The van der Waals surface area contributed by atoms with Gasteiger partial charge in [0.15, 0.2) is 11.5 Å². The maximum absolute atomic E-state index is 14.0. The Bertz CT molecular complexity index is 1050. The summed E-state index contributed by atoms with van der Waals surface area (Å²) in [5.41, 5.74) is 0.903. The van der Waals surface area contributed by atoms with Gasteiger partial charge in [0.1, 0.15) is 10.7 Å². The molecule has 0 atom stereocenters. The smallest absolute Gasteiger partial charge is 0.245 e. The van der Waals surface area contributed by atoms with Gasteiger partial charge in [-0.15, -0.1) is 0 Å². The lowest BCUT2D eigenvalue weighted by Gasteiger charge is -2.32. The highest BCUT2D eigenvalue weighted by Gasteiger charge is 2.34. The molecule has 2 aromatic carbocycles. The van der Waals surface area contributed by atoms with Crippen LogP contribution in [0.25, 0.3) is 0 Å². The van der Waals surface area contributed by atoms with E-state index in [1.54, 1.807) is 19.1 Å². The van der Waals surface area contributed by atoms with Crippen molar-refractivity contribution in [2.24, 2.45) is 5.92 Å². The Morgan fingerprint density at radius 1 is 1.16 bits per heavy atom. The molecule has 0 bridgehead atoms. The summed E-state index contributed by atoms with van der Waals surface area (Å²) in [6.07, 6.45) is 0.785. The van der Waals surface area contributed by atoms with Crippen molar-refractivity contribution in [3.05, 3.63) is 53.8 Å². The SMILES string of the molecule is CCOc1ccc(CN(C)C(=O)C2CCN(S(=O)(=O)c3ccccc3F)CC2)cc1OC. The Balaban J connectivity index is 1.61. The molecule has 32 heavy (non-hydrogen) atoms. The van der Waals surface area contributed by atoms with Crippen LogP contribution in [0.1, 0.15) is 25.3 Å². The molecule has 9 heteroatoms. The summed E-state index contributed by atoms with van der Waals surface area (Å²) >= 11 is 0. The molecule has 0 saturated carbocycles. The molecule has 174 valence electrons.